The van der Waals surface area contributed by atoms with Crippen molar-refractivity contribution in [3.05, 3.63) is 6.20 Å². The Labute approximate surface area is 194 Å². The van der Waals surface area contributed by atoms with Crippen LogP contribution in [-0.2, 0) is 11.3 Å². The van der Waals surface area contributed by atoms with Crippen molar-refractivity contribution in [2.45, 2.75) is 70.0 Å². The summed E-state index contributed by atoms with van der Waals surface area (Å²) in [4.78, 5) is 25.3. The maximum Gasteiger partial charge on any atom is 0.226 e. The first kappa shape index (κ1) is 20.8. The summed E-state index contributed by atoms with van der Waals surface area (Å²) >= 11 is 1.68. The van der Waals surface area contributed by atoms with Crippen molar-refractivity contribution < 1.29 is 4.79 Å². The molecule has 0 radical (unpaired) electrons. The summed E-state index contributed by atoms with van der Waals surface area (Å²) in [6.07, 6.45) is 11.8. The Bertz CT molecular complexity index is 978. The standard InChI is InChI=1S/C24H34N6OS/c1-2-32-23-27-20(29-6-3-4-7-29)19-15-26-30(21(19)28-23)8-5-25-22(31)24-12-16-9-17(13-24)11-18(10-16)14-24/h15-18H,2-14H2,1H3,(H,25,31). The van der Waals surface area contributed by atoms with Crippen LogP contribution in [0, 0.1) is 23.2 Å². The van der Waals surface area contributed by atoms with Crippen molar-refractivity contribution in [1.29, 1.82) is 0 Å². The molecule has 0 spiro atoms. The number of thioether (sulfide) groups is 1. The third-order valence-corrected chi connectivity index (χ3v) is 8.99. The molecular formula is C24H34N6OS. The van der Waals surface area contributed by atoms with Crippen LogP contribution in [-0.4, -0.2) is 51.0 Å². The summed E-state index contributed by atoms with van der Waals surface area (Å²) in [5.41, 5.74) is 0.804. The minimum Gasteiger partial charge on any atom is -0.356 e. The Kier molecular flexibility index (Phi) is 5.31. The van der Waals surface area contributed by atoms with Gasteiger partial charge in [0.05, 0.1) is 18.1 Å². The number of hydrogen-bond acceptors (Lipinski definition) is 6. The van der Waals surface area contributed by atoms with E-state index in [0.717, 1.165) is 77.9 Å². The summed E-state index contributed by atoms with van der Waals surface area (Å²) in [6, 6.07) is 0. The van der Waals surface area contributed by atoms with Gasteiger partial charge in [0.15, 0.2) is 10.8 Å². The number of aromatic nitrogens is 4. The normalized spacial score (nSPS) is 31.0. The third kappa shape index (κ3) is 3.58. The van der Waals surface area contributed by atoms with Crippen molar-refractivity contribution in [2.75, 3.05) is 30.3 Å². The van der Waals surface area contributed by atoms with E-state index in [1.807, 2.05) is 10.9 Å². The highest BCUT2D eigenvalue weighted by atomic mass is 32.2. The number of hydrogen-bond donors (Lipinski definition) is 1. The molecule has 3 heterocycles. The first-order valence-corrected chi connectivity index (χ1v) is 13.5. The van der Waals surface area contributed by atoms with E-state index >= 15 is 0 Å². The molecule has 7 rings (SSSR count). The molecular weight excluding hydrogens is 420 g/mol. The molecule has 5 fully saturated rings. The van der Waals surface area contributed by atoms with E-state index in [4.69, 9.17) is 9.97 Å². The Morgan fingerprint density at radius 1 is 1.12 bits per heavy atom. The van der Waals surface area contributed by atoms with E-state index < -0.39 is 0 Å². The van der Waals surface area contributed by atoms with Crippen molar-refractivity contribution in [1.82, 2.24) is 25.1 Å². The van der Waals surface area contributed by atoms with Gasteiger partial charge in [0.1, 0.15) is 5.82 Å². The minimum atomic E-state index is -0.0863. The van der Waals surface area contributed by atoms with Gasteiger partial charge in [-0.1, -0.05) is 18.7 Å². The SMILES string of the molecule is CCSc1nc(N2CCCC2)c2cnn(CCNC(=O)C34CC5CC(CC(C5)C3)C4)c2n1. The molecule has 8 heteroatoms. The number of carbonyl (C=O) groups excluding carboxylic acids is 1. The van der Waals surface area contributed by atoms with Crippen LogP contribution in [0.3, 0.4) is 0 Å². The van der Waals surface area contributed by atoms with Gasteiger partial charge in [-0.3, -0.25) is 4.79 Å². The summed E-state index contributed by atoms with van der Waals surface area (Å²) in [6.45, 7) is 5.49. The van der Waals surface area contributed by atoms with Gasteiger partial charge in [-0.05, 0) is 74.9 Å². The number of anilines is 1. The molecule has 2 aromatic heterocycles. The van der Waals surface area contributed by atoms with Gasteiger partial charge < -0.3 is 10.2 Å². The molecule has 4 saturated carbocycles. The Hall–Kier alpha value is -1.83. The van der Waals surface area contributed by atoms with Crippen LogP contribution < -0.4 is 10.2 Å². The monoisotopic (exact) mass is 454 g/mol. The zero-order chi connectivity index (χ0) is 21.7. The van der Waals surface area contributed by atoms with Crippen LogP contribution >= 0.6 is 11.8 Å². The first-order valence-electron chi connectivity index (χ1n) is 12.5. The van der Waals surface area contributed by atoms with Crippen molar-refractivity contribution in [2.24, 2.45) is 23.2 Å². The van der Waals surface area contributed by atoms with Gasteiger partial charge in [-0.15, -0.1) is 0 Å². The van der Waals surface area contributed by atoms with Gasteiger partial charge in [0.2, 0.25) is 5.91 Å². The largest absolute Gasteiger partial charge is 0.356 e. The molecule has 172 valence electrons. The summed E-state index contributed by atoms with van der Waals surface area (Å²) in [7, 11) is 0. The molecule has 0 atom stereocenters. The highest BCUT2D eigenvalue weighted by Gasteiger charge is 2.54. The molecule has 1 N–H and O–H groups in total. The second-order valence-electron chi connectivity index (χ2n) is 10.5. The van der Waals surface area contributed by atoms with Crippen molar-refractivity contribution in [3.63, 3.8) is 0 Å². The Morgan fingerprint density at radius 2 is 1.81 bits per heavy atom. The minimum absolute atomic E-state index is 0.0863. The molecule has 2 aromatic rings. The third-order valence-electron chi connectivity index (χ3n) is 8.26. The van der Waals surface area contributed by atoms with E-state index in [1.54, 1.807) is 11.8 Å². The lowest BCUT2D eigenvalue weighted by atomic mass is 9.49. The lowest BCUT2D eigenvalue weighted by Crippen LogP contribution is -2.53. The van der Waals surface area contributed by atoms with Crippen molar-refractivity contribution >= 4 is 34.5 Å². The zero-order valence-electron chi connectivity index (χ0n) is 19.1. The fourth-order valence-electron chi connectivity index (χ4n) is 7.30. The van der Waals surface area contributed by atoms with Crippen LogP contribution in [0.4, 0.5) is 5.82 Å². The number of nitrogens with one attached hydrogen (secondary N) is 1. The number of nitrogens with zero attached hydrogens (tertiary/aromatic N) is 5. The highest BCUT2D eigenvalue weighted by Crippen LogP contribution is 2.60. The zero-order valence-corrected chi connectivity index (χ0v) is 19.9. The second-order valence-corrected chi connectivity index (χ2v) is 11.7. The topological polar surface area (TPSA) is 75.9 Å². The average molecular weight is 455 g/mol. The number of amides is 1. The van der Waals surface area contributed by atoms with Gasteiger partial charge in [0, 0.05) is 25.0 Å². The van der Waals surface area contributed by atoms with Gasteiger partial charge in [0.25, 0.3) is 0 Å². The van der Waals surface area contributed by atoms with Crippen molar-refractivity contribution in [3.8, 4) is 0 Å². The van der Waals surface area contributed by atoms with E-state index in [-0.39, 0.29) is 5.41 Å². The summed E-state index contributed by atoms with van der Waals surface area (Å²) in [5, 5.41) is 9.79. The molecule has 0 unspecified atom stereocenters. The Morgan fingerprint density at radius 3 is 2.47 bits per heavy atom. The smallest absolute Gasteiger partial charge is 0.226 e. The fourth-order valence-corrected chi connectivity index (χ4v) is 7.86. The summed E-state index contributed by atoms with van der Waals surface area (Å²) in [5.74, 6) is 4.63. The van der Waals surface area contributed by atoms with E-state index in [9.17, 15) is 4.79 Å². The van der Waals surface area contributed by atoms with E-state index in [2.05, 4.69) is 22.2 Å². The molecule has 1 saturated heterocycles. The molecule has 1 aliphatic heterocycles. The maximum absolute atomic E-state index is 13.3. The molecule has 7 nitrogen and oxygen atoms in total. The predicted molar refractivity (Wildman–Crippen MR) is 127 cm³/mol. The molecule has 5 aliphatic rings. The van der Waals surface area contributed by atoms with E-state index in [1.165, 1.54) is 32.1 Å². The number of fused-ring (bicyclic) bond motifs is 1. The predicted octanol–water partition coefficient (Wildman–Crippen LogP) is 3.87. The maximum atomic E-state index is 13.3. The quantitative estimate of drug-likeness (QED) is 0.506. The number of carbonyl (C=O) groups is 1. The lowest BCUT2D eigenvalue weighted by molar-refractivity contribution is -0.146. The molecule has 1 amide bonds. The molecule has 4 aliphatic carbocycles. The van der Waals surface area contributed by atoms with Gasteiger partial charge in [-0.25, -0.2) is 14.6 Å². The molecule has 32 heavy (non-hydrogen) atoms. The Balaban J connectivity index is 1.18. The van der Waals surface area contributed by atoms with Crippen LogP contribution in [0.5, 0.6) is 0 Å². The molecule has 0 aromatic carbocycles. The van der Waals surface area contributed by atoms with E-state index in [0.29, 0.717) is 19.0 Å². The number of rotatable bonds is 7. The van der Waals surface area contributed by atoms with Crippen LogP contribution in [0.25, 0.3) is 11.0 Å². The van der Waals surface area contributed by atoms with Gasteiger partial charge in [-0.2, -0.15) is 5.10 Å². The average Bonchev–Trinajstić information content (AvgIpc) is 3.43. The summed E-state index contributed by atoms with van der Waals surface area (Å²) < 4.78 is 1.95. The first-order chi connectivity index (χ1) is 15.6. The molecule has 4 bridgehead atoms. The highest BCUT2D eigenvalue weighted by molar-refractivity contribution is 7.99. The van der Waals surface area contributed by atoms with Gasteiger partial charge >= 0.3 is 0 Å². The van der Waals surface area contributed by atoms with Crippen LogP contribution in [0.15, 0.2) is 11.4 Å². The van der Waals surface area contributed by atoms with Crippen LogP contribution in [0.1, 0.15) is 58.3 Å². The fraction of sp³-hybridized carbons (Fsp3) is 0.750. The second kappa shape index (κ2) is 8.19. The van der Waals surface area contributed by atoms with Crippen LogP contribution in [0.2, 0.25) is 0 Å². The lowest BCUT2D eigenvalue weighted by Gasteiger charge is -2.55.